The first-order valence-corrected chi connectivity index (χ1v) is 12.1. The molecule has 0 bridgehead atoms. The summed E-state index contributed by atoms with van der Waals surface area (Å²) in [5, 5.41) is 12.3. The molecule has 2 N–H and O–H groups in total. The van der Waals surface area contributed by atoms with E-state index in [0.29, 0.717) is 25.3 Å². The van der Waals surface area contributed by atoms with E-state index in [1.807, 2.05) is 24.3 Å². The van der Waals surface area contributed by atoms with E-state index in [-0.39, 0.29) is 30.9 Å². The van der Waals surface area contributed by atoms with E-state index in [9.17, 15) is 19.5 Å². The zero-order chi connectivity index (χ0) is 23.4. The summed E-state index contributed by atoms with van der Waals surface area (Å²) < 4.78 is 5.66. The largest absolute Gasteiger partial charge is 0.481 e. The van der Waals surface area contributed by atoms with Crippen LogP contribution in [0.1, 0.15) is 42.7 Å². The van der Waals surface area contributed by atoms with E-state index in [1.54, 1.807) is 4.90 Å². The van der Waals surface area contributed by atoms with Crippen molar-refractivity contribution in [2.45, 2.75) is 37.6 Å². The maximum Gasteiger partial charge on any atom is 0.407 e. The molecule has 7 nitrogen and oxygen atoms in total. The molecular weight excluding hydrogens is 432 g/mol. The number of amides is 2. The van der Waals surface area contributed by atoms with Gasteiger partial charge in [0.25, 0.3) is 0 Å². The number of rotatable bonds is 7. The SMILES string of the molecule is O=C(N[C@@H](CC1CC1)C(=O)N1CC2CC2(C(=O)O)C1)OCC1c2ccccc2-c2ccccc21. The topological polar surface area (TPSA) is 95.9 Å². The molecule has 6 rings (SSSR count). The third-order valence-electron chi connectivity index (χ3n) is 8.08. The Morgan fingerprint density at radius 2 is 1.71 bits per heavy atom. The van der Waals surface area contributed by atoms with Gasteiger partial charge in [-0.25, -0.2) is 4.79 Å². The molecule has 0 aromatic heterocycles. The molecule has 2 saturated carbocycles. The molecule has 176 valence electrons. The number of fused-ring (bicyclic) bond motifs is 4. The first-order valence-electron chi connectivity index (χ1n) is 12.1. The lowest BCUT2D eigenvalue weighted by Crippen LogP contribution is -2.49. The second kappa shape index (κ2) is 7.86. The van der Waals surface area contributed by atoms with Crippen molar-refractivity contribution in [1.29, 1.82) is 0 Å². The molecule has 2 aromatic carbocycles. The minimum Gasteiger partial charge on any atom is -0.481 e. The van der Waals surface area contributed by atoms with Crippen molar-refractivity contribution >= 4 is 18.0 Å². The standard InChI is InChI=1S/C27H28N2O5/c30-24(29-13-17-12-27(17,15-29)25(31)32)23(11-16-9-10-16)28-26(33)34-14-22-20-7-3-1-5-18(20)19-6-2-4-8-21(19)22/h1-8,16-17,22-23H,9-15H2,(H,28,33)(H,31,32)/t17?,23-,27?/m0/s1. The Morgan fingerprint density at radius 1 is 1.06 bits per heavy atom. The van der Waals surface area contributed by atoms with Gasteiger partial charge < -0.3 is 20.1 Å². The van der Waals surface area contributed by atoms with Gasteiger partial charge in [-0.1, -0.05) is 61.4 Å². The quantitative estimate of drug-likeness (QED) is 0.658. The molecule has 3 atom stereocenters. The molecule has 2 aromatic rings. The van der Waals surface area contributed by atoms with Crippen LogP contribution in [0.25, 0.3) is 11.1 Å². The fourth-order valence-corrected chi connectivity index (χ4v) is 5.89. The van der Waals surface area contributed by atoms with Crippen LogP contribution in [0.15, 0.2) is 48.5 Å². The van der Waals surface area contributed by atoms with E-state index >= 15 is 0 Å². The summed E-state index contributed by atoms with van der Waals surface area (Å²) in [6.07, 6.45) is 2.72. The van der Waals surface area contributed by atoms with E-state index in [1.165, 1.54) is 0 Å². The number of alkyl carbamates (subject to hydrolysis) is 1. The summed E-state index contributed by atoms with van der Waals surface area (Å²) in [7, 11) is 0. The maximum absolute atomic E-state index is 13.2. The Labute approximate surface area is 198 Å². The van der Waals surface area contributed by atoms with E-state index in [2.05, 4.69) is 29.6 Å². The summed E-state index contributed by atoms with van der Waals surface area (Å²) in [5.41, 5.74) is 3.82. The van der Waals surface area contributed by atoms with Crippen molar-refractivity contribution < 1.29 is 24.2 Å². The van der Waals surface area contributed by atoms with Crippen LogP contribution >= 0.6 is 0 Å². The lowest BCUT2D eigenvalue weighted by atomic mass is 9.98. The van der Waals surface area contributed by atoms with Crippen LogP contribution < -0.4 is 5.32 Å². The van der Waals surface area contributed by atoms with Crippen molar-refractivity contribution in [1.82, 2.24) is 10.2 Å². The zero-order valence-corrected chi connectivity index (χ0v) is 18.9. The first-order chi connectivity index (χ1) is 16.5. The molecule has 0 spiro atoms. The van der Waals surface area contributed by atoms with Gasteiger partial charge >= 0.3 is 12.1 Å². The molecule has 1 aliphatic heterocycles. The molecule has 3 aliphatic carbocycles. The third-order valence-corrected chi connectivity index (χ3v) is 8.08. The summed E-state index contributed by atoms with van der Waals surface area (Å²) in [6, 6.07) is 15.6. The first kappa shape index (κ1) is 21.2. The summed E-state index contributed by atoms with van der Waals surface area (Å²) in [4.78, 5) is 39.3. The van der Waals surface area contributed by atoms with Crippen molar-refractivity contribution in [2.24, 2.45) is 17.3 Å². The molecular formula is C27H28N2O5. The molecule has 7 heteroatoms. The number of carbonyl (C=O) groups is 3. The fraction of sp³-hybridized carbons (Fsp3) is 0.444. The van der Waals surface area contributed by atoms with Gasteiger partial charge in [0.2, 0.25) is 5.91 Å². The Bertz CT molecular complexity index is 1130. The molecule has 2 unspecified atom stereocenters. The molecule has 34 heavy (non-hydrogen) atoms. The van der Waals surface area contributed by atoms with E-state index in [4.69, 9.17) is 4.74 Å². The number of hydrogen-bond acceptors (Lipinski definition) is 4. The van der Waals surface area contributed by atoms with Gasteiger partial charge in [-0.2, -0.15) is 0 Å². The van der Waals surface area contributed by atoms with Crippen molar-refractivity contribution in [3.8, 4) is 11.1 Å². The van der Waals surface area contributed by atoms with Gasteiger partial charge in [-0.15, -0.1) is 0 Å². The Morgan fingerprint density at radius 3 is 2.29 bits per heavy atom. The van der Waals surface area contributed by atoms with Gasteiger partial charge in [0.05, 0.1) is 5.41 Å². The number of hydrogen-bond donors (Lipinski definition) is 2. The van der Waals surface area contributed by atoms with Crippen LogP contribution in [-0.4, -0.2) is 53.7 Å². The number of likely N-dealkylation sites (tertiary alicyclic amines) is 1. The Balaban J connectivity index is 1.12. The van der Waals surface area contributed by atoms with Crippen molar-refractivity contribution in [3.05, 3.63) is 59.7 Å². The highest BCUT2D eigenvalue weighted by atomic mass is 16.5. The van der Waals surface area contributed by atoms with E-state index < -0.39 is 23.5 Å². The number of carbonyl (C=O) groups excluding carboxylic acids is 2. The Kier molecular flexibility index (Phi) is 4.90. The van der Waals surface area contributed by atoms with Crippen LogP contribution in [0, 0.1) is 17.3 Å². The lowest BCUT2D eigenvalue weighted by molar-refractivity contribution is -0.144. The average Bonchev–Trinajstić information content (AvgIpc) is 3.74. The summed E-state index contributed by atoms with van der Waals surface area (Å²) >= 11 is 0. The average molecular weight is 461 g/mol. The number of piperidine rings is 1. The molecule has 2 amide bonds. The van der Waals surface area contributed by atoms with Gasteiger partial charge in [-0.3, -0.25) is 9.59 Å². The summed E-state index contributed by atoms with van der Waals surface area (Å²) in [6.45, 7) is 0.885. The maximum atomic E-state index is 13.2. The van der Waals surface area contributed by atoms with E-state index in [0.717, 1.165) is 35.1 Å². The zero-order valence-electron chi connectivity index (χ0n) is 18.9. The number of ether oxygens (including phenoxy) is 1. The molecule has 3 fully saturated rings. The monoisotopic (exact) mass is 460 g/mol. The van der Waals surface area contributed by atoms with Gasteiger partial charge in [-0.05, 0) is 46.9 Å². The fourth-order valence-electron chi connectivity index (χ4n) is 5.89. The molecule has 1 heterocycles. The normalized spacial score (nSPS) is 25.2. The third kappa shape index (κ3) is 3.54. The highest BCUT2D eigenvalue weighted by Crippen LogP contribution is 2.58. The summed E-state index contributed by atoms with van der Waals surface area (Å²) in [5.74, 6) is -0.598. The minimum absolute atomic E-state index is 0.0324. The number of aliphatic carboxylic acids is 1. The number of nitrogens with zero attached hydrogens (tertiary/aromatic N) is 1. The Hall–Kier alpha value is -3.35. The highest BCUT2D eigenvalue weighted by molar-refractivity contribution is 5.88. The minimum atomic E-state index is -0.823. The molecule has 1 saturated heterocycles. The van der Waals surface area contributed by atoms with Crippen LogP contribution in [0.3, 0.4) is 0 Å². The number of nitrogens with one attached hydrogen (secondary N) is 1. The number of carboxylic acid groups (broad SMARTS) is 1. The van der Waals surface area contributed by atoms with Crippen molar-refractivity contribution in [3.63, 3.8) is 0 Å². The number of carboxylic acids is 1. The second-order valence-corrected chi connectivity index (χ2v) is 10.3. The van der Waals surface area contributed by atoms with Gasteiger partial charge in [0.15, 0.2) is 0 Å². The number of benzene rings is 2. The lowest BCUT2D eigenvalue weighted by Gasteiger charge is -2.26. The predicted octanol–water partition coefficient (Wildman–Crippen LogP) is 3.63. The van der Waals surface area contributed by atoms with Crippen LogP contribution in [0.2, 0.25) is 0 Å². The predicted molar refractivity (Wildman–Crippen MR) is 124 cm³/mol. The van der Waals surface area contributed by atoms with Gasteiger partial charge in [0, 0.05) is 19.0 Å². The molecule has 4 aliphatic rings. The second-order valence-electron chi connectivity index (χ2n) is 10.3. The van der Waals surface area contributed by atoms with Crippen LogP contribution in [-0.2, 0) is 14.3 Å². The smallest absolute Gasteiger partial charge is 0.407 e. The molecule has 0 radical (unpaired) electrons. The highest BCUT2D eigenvalue weighted by Gasteiger charge is 2.66. The van der Waals surface area contributed by atoms with Crippen LogP contribution in [0.5, 0.6) is 0 Å². The van der Waals surface area contributed by atoms with Gasteiger partial charge in [0.1, 0.15) is 12.6 Å². The van der Waals surface area contributed by atoms with Crippen molar-refractivity contribution in [2.75, 3.05) is 19.7 Å². The van der Waals surface area contributed by atoms with Crippen LogP contribution in [0.4, 0.5) is 4.79 Å².